The van der Waals surface area contributed by atoms with Crippen LogP contribution in [-0.4, -0.2) is 11.2 Å². The molecule has 0 aromatic carbocycles. The highest BCUT2D eigenvalue weighted by molar-refractivity contribution is 5.08. The molecule has 0 bridgehead atoms. The van der Waals surface area contributed by atoms with E-state index in [1.54, 1.807) is 6.08 Å². The first-order valence-electron chi connectivity index (χ1n) is 7.93. The molecule has 0 heterocycles. The van der Waals surface area contributed by atoms with E-state index in [2.05, 4.69) is 25.7 Å². The Kier molecular flexibility index (Phi) is 14.6. The van der Waals surface area contributed by atoms with Gasteiger partial charge in [-0.25, -0.2) is 0 Å². The summed E-state index contributed by atoms with van der Waals surface area (Å²) >= 11 is 0. The van der Waals surface area contributed by atoms with E-state index in [1.807, 2.05) is 12.2 Å². The van der Waals surface area contributed by atoms with E-state index in [0.717, 1.165) is 25.7 Å². The lowest BCUT2D eigenvalue weighted by Crippen LogP contribution is -2.05. The van der Waals surface area contributed by atoms with Gasteiger partial charge in [0.05, 0.1) is 6.10 Å². The van der Waals surface area contributed by atoms with Gasteiger partial charge in [-0.15, -0.1) is 0 Å². The first kappa shape index (κ1) is 18.2. The first-order chi connectivity index (χ1) is 9.31. The smallest absolute Gasteiger partial charge is 0.0540 e. The summed E-state index contributed by atoms with van der Waals surface area (Å²) in [6, 6.07) is 0. The Morgan fingerprint density at radius 1 is 0.895 bits per heavy atom. The van der Waals surface area contributed by atoms with E-state index >= 15 is 0 Å². The highest BCUT2D eigenvalue weighted by Gasteiger charge is 2.02. The molecule has 0 aliphatic carbocycles. The lowest BCUT2D eigenvalue weighted by Gasteiger charge is -2.09. The topological polar surface area (TPSA) is 20.2 Å². The van der Waals surface area contributed by atoms with Gasteiger partial charge >= 0.3 is 0 Å². The Bertz CT molecular complexity index is 240. The van der Waals surface area contributed by atoms with Crippen LogP contribution in [0.4, 0.5) is 0 Å². The molecule has 0 rings (SSSR count). The number of hydrogen-bond donors (Lipinski definition) is 1. The van der Waals surface area contributed by atoms with Crippen LogP contribution in [0.15, 0.2) is 37.0 Å². The monoisotopic (exact) mass is 264 g/mol. The van der Waals surface area contributed by atoms with Gasteiger partial charge in [0.15, 0.2) is 0 Å². The molecule has 0 spiro atoms. The zero-order chi connectivity index (χ0) is 14.2. The van der Waals surface area contributed by atoms with Crippen LogP contribution in [0.3, 0.4) is 0 Å². The fourth-order valence-corrected chi connectivity index (χ4v) is 2.09. The van der Waals surface area contributed by atoms with Crippen molar-refractivity contribution >= 4 is 0 Å². The minimum absolute atomic E-state index is 0.0667. The van der Waals surface area contributed by atoms with E-state index in [4.69, 9.17) is 0 Å². The van der Waals surface area contributed by atoms with E-state index in [-0.39, 0.29) is 6.10 Å². The molecule has 1 nitrogen and oxygen atoms in total. The van der Waals surface area contributed by atoms with Crippen LogP contribution in [0.1, 0.15) is 71.1 Å². The van der Waals surface area contributed by atoms with Crippen LogP contribution < -0.4 is 0 Å². The third kappa shape index (κ3) is 15.1. The third-order valence-corrected chi connectivity index (χ3v) is 3.29. The zero-order valence-corrected chi connectivity index (χ0v) is 12.7. The molecule has 1 N–H and O–H groups in total. The Hall–Kier alpha value is -0.820. The molecule has 0 radical (unpaired) electrons. The highest BCUT2D eigenvalue weighted by Crippen LogP contribution is 2.12. The maximum absolute atomic E-state index is 9.82. The zero-order valence-electron chi connectivity index (χ0n) is 12.7. The van der Waals surface area contributed by atoms with Gasteiger partial charge in [-0.05, 0) is 25.7 Å². The number of hydrogen-bond acceptors (Lipinski definition) is 1. The quantitative estimate of drug-likeness (QED) is 0.341. The van der Waals surface area contributed by atoms with Crippen molar-refractivity contribution in [3.63, 3.8) is 0 Å². The lowest BCUT2D eigenvalue weighted by molar-refractivity contribution is 0.147. The largest absolute Gasteiger partial charge is 0.393 e. The molecule has 0 aliphatic rings. The maximum atomic E-state index is 9.82. The average Bonchev–Trinajstić information content (AvgIpc) is 2.42. The van der Waals surface area contributed by atoms with E-state index in [9.17, 15) is 5.11 Å². The van der Waals surface area contributed by atoms with Crippen LogP contribution in [0.25, 0.3) is 0 Å². The van der Waals surface area contributed by atoms with Crippen molar-refractivity contribution in [1.82, 2.24) is 0 Å². The standard InChI is InChI=1S/C18H32O/c1-3-5-7-9-10-11-12-13-15-17-18(19)16-14-8-6-4-2/h3,5,7,9-10,18-19H,1,4,6,8,11-17H2,2H3. The van der Waals surface area contributed by atoms with Crippen molar-refractivity contribution in [1.29, 1.82) is 0 Å². The van der Waals surface area contributed by atoms with Crippen molar-refractivity contribution in [3.8, 4) is 0 Å². The SMILES string of the molecule is C=CC=CC=CCCCCCC(O)CCCCCC. The predicted octanol–water partition coefficient (Wildman–Crippen LogP) is 5.57. The molecule has 0 saturated heterocycles. The predicted molar refractivity (Wildman–Crippen MR) is 86.3 cm³/mol. The summed E-state index contributed by atoms with van der Waals surface area (Å²) < 4.78 is 0. The normalized spacial score (nSPS) is 13.4. The van der Waals surface area contributed by atoms with E-state index in [1.165, 1.54) is 38.5 Å². The number of aliphatic hydroxyl groups excluding tert-OH is 1. The summed E-state index contributed by atoms with van der Waals surface area (Å²) in [5.74, 6) is 0. The van der Waals surface area contributed by atoms with Gasteiger partial charge in [-0.3, -0.25) is 0 Å². The highest BCUT2D eigenvalue weighted by atomic mass is 16.3. The molecule has 0 aromatic heterocycles. The Labute approximate surface area is 120 Å². The first-order valence-corrected chi connectivity index (χ1v) is 7.93. The number of rotatable bonds is 13. The number of allylic oxidation sites excluding steroid dienone is 5. The molecule has 1 heteroatoms. The fraction of sp³-hybridized carbons (Fsp3) is 0.667. The van der Waals surface area contributed by atoms with E-state index < -0.39 is 0 Å². The van der Waals surface area contributed by atoms with Gasteiger partial charge in [-0.2, -0.15) is 0 Å². The Morgan fingerprint density at radius 3 is 2.21 bits per heavy atom. The molecule has 0 saturated carbocycles. The summed E-state index contributed by atoms with van der Waals surface area (Å²) in [6.45, 7) is 5.84. The lowest BCUT2D eigenvalue weighted by atomic mass is 10.0. The molecule has 1 unspecified atom stereocenters. The third-order valence-electron chi connectivity index (χ3n) is 3.29. The summed E-state index contributed by atoms with van der Waals surface area (Å²) in [5.41, 5.74) is 0. The van der Waals surface area contributed by atoms with Crippen LogP contribution in [0, 0.1) is 0 Å². The van der Waals surface area contributed by atoms with Crippen molar-refractivity contribution in [2.75, 3.05) is 0 Å². The molecule has 0 fully saturated rings. The van der Waals surface area contributed by atoms with Gasteiger partial charge in [0.25, 0.3) is 0 Å². The molecular formula is C18H32O. The average molecular weight is 264 g/mol. The van der Waals surface area contributed by atoms with Gasteiger partial charge < -0.3 is 5.11 Å². The second-order valence-corrected chi connectivity index (χ2v) is 5.19. The van der Waals surface area contributed by atoms with Crippen molar-refractivity contribution < 1.29 is 5.11 Å². The van der Waals surface area contributed by atoms with Crippen LogP contribution in [0.5, 0.6) is 0 Å². The van der Waals surface area contributed by atoms with Crippen LogP contribution >= 0.6 is 0 Å². The molecule has 0 aliphatic heterocycles. The van der Waals surface area contributed by atoms with E-state index in [0.29, 0.717) is 0 Å². The summed E-state index contributed by atoms with van der Waals surface area (Å²) in [4.78, 5) is 0. The minimum atomic E-state index is -0.0667. The van der Waals surface area contributed by atoms with Crippen molar-refractivity contribution in [3.05, 3.63) is 37.0 Å². The van der Waals surface area contributed by atoms with Crippen molar-refractivity contribution in [2.24, 2.45) is 0 Å². The molecule has 1 atom stereocenters. The van der Waals surface area contributed by atoms with Gasteiger partial charge in [-0.1, -0.05) is 82.4 Å². The van der Waals surface area contributed by atoms with Crippen LogP contribution in [-0.2, 0) is 0 Å². The number of aliphatic hydroxyl groups is 1. The minimum Gasteiger partial charge on any atom is -0.393 e. The van der Waals surface area contributed by atoms with Gasteiger partial charge in [0.1, 0.15) is 0 Å². The summed E-state index contributed by atoms with van der Waals surface area (Å²) in [5, 5.41) is 9.82. The Morgan fingerprint density at radius 2 is 1.58 bits per heavy atom. The molecule has 0 aromatic rings. The number of unbranched alkanes of at least 4 members (excludes halogenated alkanes) is 6. The second kappa shape index (κ2) is 15.2. The van der Waals surface area contributed by atoms with Gasteiger partial charge in [0.2, 0.25) is 0 Å². The summed E-state index contributed by atoms with van der Waals surface area (Å²) in [6.07, 6.45) is 21.7. The van der Waals surface area contributed by atoms with Crippen molar-refractivity contribution in [2.45, 2.75) is 77.2 Å². The summed E-state index contributed by atoms with van der Waals surface area (Å²) in [7, 11) is 0. The fourth-order valence-electron chi connectivity index (χ4n) is 2.09. The van der Waals surface area contributed by atoms with Crippen LogP contribution in [0.2, 0.25) is 0 Å². The Balaban J connectivity index is 3.26. The molecule has 0 amide bonds. The molecular weight excluding hydrogens is 232 g/mol. The molecule has 110 valence electrons. The second-order valence-electron chi connectivity index (χ2n) is 5.19. The van der Waals surface area contributed by atoms with Gasteiger partial charge in [0, 0.05) is 0 Å². The maximum Gasteiger partial charge on any atom is 0.0540 e. The molecule has 19 heavy (non-hydrogen) atoms.